The van der Waals surface area contributed by atoms with Crippen molar-refractivity contribution in [2.75, 3.05) is 6.61 Å². The summed E-state index contributed by atoms with van der Waals surface area (Å²) in [6, 6.07) is 4.63. The molecule has 1 unspecified atom stereocenters. The Morgan fingerprint density at radius 1 is 1.42 bits per heavy atom. The van der Waals surface area contributed by atoms with E-state index in [1.54, 1.807) is 22.7 Å². The molecular formula is C14H18N2OS2. The van der Waals surface area contributed by atoms with Crippen LogP contribution < -0.4 is 5.32 Å². The number of thiazole rings is 1. The molecule has 1 atom stereocenters. The molecule has 19 heavy (non-hydrogen) atoms. The topological polar surface area (TPSA) is 45.1 Å². The maximum Gasteiger partial charge on any atom is 0.133 e. The van der Waals surface area contributed by atoms with Gasteiger partial charge in [-0.25, -0.2) is 4.98 Å². The molecule has 0 bridgehead atoms. The zero-order chi connectivity index (χ0) is 13.1. The Balaban J connectivity index is 1.58. The second-order valence-corrected chi connectivity index (χ2v) is 6.76. The molecule has 0 spiro atoms. The van der Waals surface area contributed by atoms with Crippen LogP contribution in [0.4, 0.5) is 0 Å². The van der Waals surface area contributed by atoms with Gasteiger partial charge in [-0.1, -0.05) is 6.07 Å². The van der Waals surface area contributed by atoms with Gasteiger partial charge in [-0.2, -0.15) is 0 Å². The predicted octanol–water partition coefficient (Wildman–Crippen LogP) is 3.12. The SMILES string of the molecule is OCCC(NCc1csc(-c2cccs2)n1)C1CC1. The summed E-state index contributed by atoms with van der Waals surface area (Å²) < 4.78 is 0. The fraction of sp³-hybridized carbons (Fsp3) is 0.500. The Morgan fingerprint density at radius 2 is 2.32 bits per heavy atom. The molecule has 0 radical (unpaired) electrons. The number of rotatable bonds is 7. The zero-order valence-electron chi connectivity index (χ0n) is 10.7. The highest BCUT2D eigenvalue weighted by molar-refractivity contribution is 7.20. The van der Waals surface area contributed by atoms with E-state index in [2.05, 4.69) is 33.2 Å². The van der Waals surface area contributed by atoms with Crippen molar-refractivity contribution in [2.45, 2.75) is 31.8 Å². The molecule has 1 fully saturated rings. The average molecular weight is 294 g/mol. The standard InChI is InChI=1S/C14H18N2OS2/c17-6-5-12(10-3-4-10)15-8-11-9-19-14(16-11)13-2-1-7-18-13/h1-2,7,9-10,12,15,17H,3-6,8H2. The van der Waals surface area contributed by atoms with Crippen LogP contribution in [0.2, 0.25) is 0 Å². The smallest absolute Gasteiger partial charge is 0.133 e. The number of hydrogen-bond donors (Lipinski definition) is 2. The summed E-state index contributed by atoms with van der Waals surface area (Å²) in [7, 11) is 0. The minimum Gasteiger partial charge on any atom is -0.396 e. The van der Waals surface area contributed by atoms with E-state index < -0.39 is 0 Å². The van der Waals surface area contributed by atoms with Crippen molar-refractivity contribution in [1.29, 1.82) is 0 Å². The summed E-state index contributed by atoms with van der Waals surface area (Å²) in [6.07, 6.45) is 3.46. The average Bonchev–Trinajstić information content (AvgIpc) is 2.93. The number of nitrogens with zero attached hydrogens (tertiary/aromatic N) is 1. The Morgan fingerprint density at radius 3 is 3.00 bits per heavy atom. The molecule has 1 saturated carbocycles. The van der Waals surface area contributed by atoms with E-state index in [0.717, 1.165) is 29.6 Å². The summed E-state index contributed by atoms with van der Waals surface area (Å²) in [5.41, 5.74) is 1.11. The molecule has 1 aliphatic rings. The third-order valence-electron chi connectivity index (χ3n) is 3.46. The summed E-state index contributed by atoms with van der Waals surface area (Å²) >= 11 is 3.44. The van der Waals surface area contributed by atoms with Gasteiger partial charge in [-0.15, -0.1) is 22.7 Å². The molecule has 0 amide bonds. The van der Waals surface area contributed by atoms with E-state index in [4.69, 9.17) is 5.11 Å². The number of aromatic nitrogens is 1. The molecule has 3 rings (SSSR count). The minimum atomic E-state index is 0.270. The van der Waals surface area contributed by atoms with Crippen molar-refractivity contribution in [3.8, 4) is 9.88 Å². The molecule has 2 aromatic heterocycles. The highest BCUT2D eigenvalue weighted by Gasteiger charge is 2.30. The van der Waals surface area contributed by atoms with Gasteiger partial charge in [-0.3, -0.25) is 0 Å². The molecular weight excluding hydrogens is 276 g/mol. The minimum absolute atomic E-state index is 0.270. The van der Waals surface area contributed by atoms with Gasteiger partial charge in [0.15, 0.2) is 0 Å². The Kier molecular flexibility index (Phi) is 4.28. The van der Waals surface area contributed by atoms with Crippen LogP contribution in [0.5, 0.6) is 0 Å². The van der Waals surface area contributed by atoms with Gasteiger partial charge in [0.2, 0.25) is 0 Å². The first kappa shape index (κ1) is 13.2. The molecule has 1 aliphatic carbocycles. The number of aliphatic hydroxyl groups excluding tert-OH is 1. The van der Waals surface area contributed by atoms with Gasteiger partial charge < -0.3 is 10.4 Å². The maximum atomic E-state index is 9.09. The molecule has 2 aromatic rings. The maximum absolute atomic E-state index is 9.09. The van der Waals surface area contributed by atoms with Crippen LogP contribution >= 0.6 is 22.7 Å². The van der Waals surface area contributed by atoms with Crippen molar-refractivity contribution < 1.29 is 5.11 Å². The quantitative estimate of drug-likeness (QED) is 0.824. The van der Waals surface area contributed by atoms with Gasteiger partial charge in [0, 0.05) is 24.6 Å². The summed E-state index contributed by atoms with van der Waals surface area (Å²) in [6.45, 7) is 1.08. The normalized spacial score (nSPS) is 16.7. The lowest BCUT2D eigenvalue weighted by Crippen LogP contribution is -2.31. The Bertz CT molecular complexity index is 505. The first-order valence-corrected chi connectivity index (χ1v) is 8.45. The number of thiophene rings is 1. The van der Waals surface area contributed by atoms with Crippen LogP contribution in [0.1, 0.15) is 25.0 Å². The van der Waals surface area contributed by atoms with Gasteiger partial charge in [0.05, 0.1) is 10.6 Å². The lowest BCUT2D eigenvalue weighted by Gasteiger charge is -2.16. The summed E-state index contributed by atoms with van der Waals surface area (Å²) in [5, 5.41) is 18.0. The molecule has 0 aromatic carbocycles. The van der Waals surface area contributed by atoms with Crippen molar-refractivity contribution >= 4 is 22.7 Å². The van der Waals surface area contributed by atoms with Crippen LogP contribution in [0, 0.1) is 5.92 Å². The molecule has 2 N–H and O–H groups in total. The predicted molar refractivity (Wildman–Crippen MR) is 80.5 cm³/mol. The number of hydrogen-bond acceptors (Lipinski definition) is 5. The van der Waals surface area contributed by atoms with Crippen molar-refractivity contribution in [3.05, 3.63) is 28.6 Å². The molecule has 5 heteroatoms. The fourth-order valence-corrected chi connectivity index (χ4v) is 3.91. The van der Waals surface area contributed by atoms with Gasteiger partial charge in [-0.05, 0) is 36.6 Å². The monoisotopic (exact) mass is 294 g/mol. The van der Waals surface area contributed by atoms with Crippen molar-refractivity contribution in [3.63, 3.8) is 0 Å². The van der Waals surface area contributed by atoms with E-state index in [-0.39, 0.29) is 6.61 Å². The van der Waals surface area contributed by atoms with Crippen molar-refractivity contribution in [1.82, 2.24) is 10.3 Å². The van der Waals surface area contributed by atoms with Crippen LogP contribution in [0.15, 0.2) is 22.9 Å². The van der Waals surface area contributed by atoms with Gasteiger partial charge in [0.25, 0.3) is 0 Å². The second-order valence-electron chi connectivity index (χ2n) is 4.96. The molecule has 102 valence electrons. The van der Waals surface area contributed by atoms with E-state index in [1.165, 1.54) is 17.7 Å². The fourth-order valence-electron chi connectivity index (χ4n) is 2.28. The largest absolute Gasteiger partial charge is 0.396 e. The number of aliphatic hydroxyl groups is 1. The van der Waals surface area contributed by atoms with Gasteiger partial charge in [0.1, 0.15) is 5.01 Å². The van der Waals surface area contributed by atoms with Gasteiger partial charge >= 0.3 is 0 Å². The third kappa shape index (κ3) is 3.42. The highest BCUT2D eigenvalue weighted by Crippen LogP contribution is 2.34. The molecule has 2 heterocycles. The highest BCUT2D eigenvalue weighted by atomic mass is 32.1. The summed E-state index contributed by atoms with van der Waals surface area (Å²) in [4.78, 5) is 5.91. The first-order valence-electron chi connectivity index (χ1n) is 6.69. The van der Waals surface area contributed by atoms with E-state index in [0.29, 0.717) is 6.04 Å². The lowest BCUT2D eigenvalue weighted by atomic mass is 10.1. The Hall–Kier alpha value is -0.750. The Labute approximate surface area is 121 Å². The van der Waals surface area contributed by atoms with Crippen LogP contribution in [0.25, 0.3) is 9.88 Å². The van der Waals surface area contributed by atoms with Crippen molar-refractivity contribution in [2.24, 2.45) is 5.92 Å². The second kappa shape index (κ2) is 6.13. The van der Waals surface area contributed by atoms with E-state index in [1.807, 2.05) is 0 Å². The van der Waals surface area contributed by atoms with E-state index in [9.17, 15) is 0 Å². The van der Waals surface area contributed by atoms with Crippen LogP contribution in [-0.2, 0) is 6.54 Å². The molecule has 0 saturated heterocycles. The number of nitrogens with one attached hydrogen (secondary N) is 1. The van der Waals surface area contributed by atoms with Crippen LogP contribution in [0.3, 0.4) is 0 Å². The summed E-state index contributed by atoms with van der Waals surface area (Å²) in [5.74, 6) is 0.766. The van der Waals surface area contributed by atoms with Crippen LogP contribution in [-0.4, -0.2) is 22.7 Å². The molecule has 0 aliphatic heterocycles. The molecule has 3 nitrogen and oxygen atoms in total. The third-order valence-corrected chi connectivity index (χ3v) is 5.39. The lowest BCUT2D eigenvalue weighted by molar-refractivity contribution is 0.255. The van der Waals surface area contributed by atoms with E-state index >= 15 is 0 Å². The zero-order valence-corrected chi connectivity index (χ0v) is 12.3. The first-order chi connectivity index (χ1) is 9.36.